The van der Waals surface area contributed by atoms with Crippen molar-refractivity contribution in [3.8, 4) is 0 Å². The lowest BCUT2D eigenvalue weighted by molar-refractivity contribution is 0.122. The molecule has 0 aliphatic heterocycles. The normalized spacial score (nSPS) is 33.2. The predicted molar refractivity (Wildman–Crippen MR) is 60.2 cm³/mol. The minimum absolute atomic E-state index is 0.449. The average molecular weight is 199 g/mol. The van der Waals surface area contributed by atoms with Gasteiger partial charge in [0.15, 0.2) is 0 Å². The highest BCUT2D eigenvalue weighted by atomic mass is 16.5. The third-order valence-electron chi connectivity index (χ3n) is 3.82. The highest BCUT2D eigenvalue weighted by Gasteiger charge is 2.32. The van der Waals surface area contributed by atoms with Crippen molar-refractivity contribution in [3.05, 3.63) is 0 Å². The van der Waals surface area contributed by atoms with Crippen LogP contribution in [-0.2, 0) is 4.74 Å². The second-order valence-corrected chi connectivity index (χ2v) is 4.98. The SMILES string of the molecule is COCCCC1(CN)CCC(C)CC1. The minimum atomic E-state index is 0.449. The molecule has 0 aromatic carbocycles. The second kappa shape index (κ2) is 5.72. The van der Waals surface area contributed by atoms with Crippen LogP contribution < -0.4 is 5.73 Å². The predicted octanol–water partition coefficient (Wildman–Crippen LogP) is 2.57. The molecule has 0 bridgehead atoms. The summed E-state index contributed by atoms with van der Waals surface area (Å²) < 4.78 is 5.10. The Morgan fingerprint density at radius 2 is 2.00 bits per heavy atom. The molecule has 0 saturated heterocycles. The number of ether oxygens (including phenoxy) is 1. The number of hydrogen-bond acceptors (Lipinski definition) is 2. The summed E-state index contributed by atoms with van der Waals surface area (Å²) in [5, 5.41) is 0. The van der Waals surface area contributed by atoms with Gasteiger partial charge in [-0.2, -0.15) is 0 Å². The van der Waals surface area contributed by atoms with E-state index in [0.29, 0.717) is 5.41 Å². The summed E-state index contributed by atoms with van der Waals surface area (Å²) in [6.07, 6.45) is 7.81. The summed E-state index contributed by atoms with van der Waals surface area (Å²) >= 11 is 0. The van der Waals surface area contributed by atoms with Crippen LogP contribution in [0.1, 0.15) is 45.4 Å². The maximum absolute atomic E-state index is 5.93. The molecular formula is C12H25NO. The lowest BCUT2D eigenvalue weighted by Gasteiger charge is -2.38. The molecular weight excluding hydrogens is 174 g/mol. The van der Waals surface area contributed by atoms with E-state index in [-0.39, 0.29) is 0 Å². The molecule has 0 amide bonds. The molecule has 0 aromatic heterocycles. The summed E-state index contributed by atoms with van der Waals surface area (Å²) in [5.74, 6) is 0.914. The summed E-state index contributed by atoms with van der Waals surface area (Å²) in [7, 11) is 1.78. The number of nitrogens with two attached hydrogens (primary N) is 1. The van der Waals surface area contributed by atoms with Gasteiger partial charge in [0.2, 0.25) is 0 Å². The van der Waals surface area contributed by atoms with Gasteiger partial charge in [0.05, 0.1) is 0 Å². The Morgan fingerprint density at radius 3 is 2.50 bits per heavy atom. The fraction of sp³-hybridized carbons (Fsp3) is 1.00. The fourth-order valence-corrected chi connectivity index (χ4v) is 2.52. The summed E-state index contributed by atoms with van der Waals surface area (Å²) in [5.41, 5.74) is 6.37. The van der Waals surface area contributed by atoms with Crippen LogP contribution in [0, 0.1) is 11.3 Å². The van der Waals surface area contributed by atoms with Crippen molar-refractivity contribution in [1.29, 1.82) is 0 Å². The highest BCUT2D eigenvalue weighted by Crippen LogP contribution is 2.41. The average Bonchev–Trinajstić information content (AvgIpc) is 2.22. The van der Waals surface area contributed by atoms with Crippen molar-refractivity contribution in [2.45, 2.75) is 45.4 Å². The van der Waals surface area contributed by atoms with E-state index in [9.17, 15) is 0 Å². The van der Waals surface area contributed by atoms with Gasteiger partial charge in [-0.25, -0.2) is 0 Å². The molecule has 2 nitrogen and oxygen atoms in total. The summed E-state index contributed by atoms with van der Waals surface area (Å²) in [6, 6.07) is 0. The Kier molecular flexibility index (Phi) is 4.90. The quantitative estimate of drug-likeness (QED) is 0.691. The molecule has 0 unspecified atom stereocenters. The van der Waals surface area contributed by atoms with E-state index in [1.165, 1.54) is 38.5 Å². The standard InChI is InChI=1S/C12H25NO/c1-11-4-7-12(10-13,8-5-11)6-3-9-14-2/h11H,3-10,13H2,1-2H3. The molecule has 14 heavy (non-hydrogen) atoms. The summed E-state index contributed by atoms with van der Waals surface area (Å²) in [4.78, 5) is 0. The smallest absolute Gasteiger partial charge is 0.0462 e. The Balaban J connectivity index is 2.34. The van der Waals surface area contributed by atoms with Crippen LogP contribution in [-0.4, -0.2) is 20.3 Å². The lowest BCUT2D eigenvalue weighted by Crippen LogP contribution is -2.34. The zero-order valence-electron chi connectivity index (χ0n) is 9.72. The van der Waals surface area contributed by atoms with Gasteiger partial charge in [0.25, 0.3) is 0 Å². The van der Waals surface area contributed by atoms with Gasteiger partial charge in [-0.3, -0.25) is 0 Å². The first-order chi connectivity index (χ1) is 6.72. The van der Waals surface area contributed by atoms with Gasteiger partial charge in [0, 0.05) is 13.7 Å². The topological polar surface area (TPSA) is 35.2 Å². The van der Waals surface area contributed by atoms with E-state index in [1.54, 1.807) is 7.11 Å². The largest absolute Gasteiger partial charge is 0.385 e. The van der Waals surface area contributed by atoms with Crippen LogP contribution in [0.15, 0.2) is 0 Å². The van der Waals surface area contributed by atoms with Crippen LogP contribution in [0.2, 0.25) is 0 Å². The molecule has 1 aliphatic carbocycles. The van der Waals surface area contributed by atoms with Crippen LogP contribution >= 0.6 is 0 Å². The van der Waals surface area contributed by atoms with Gasteiger partial charge >= 0.3 is 0 Å². The second-order valence-electron chi connectivity index (χ2n) is 4.98. The van der Waals surface area contributed by atoms with Gasteiger partial charge in [0.1, 0.15) is 0 Å². The number of methoxy groups -OCH3 is 1. The lowest BCUT2D eigenvalue weighted by atomic mass is 9.68. The first kappa shape index (κ1) is 12.0. The minimum Gasteiger partial charge on any atom is -0.385 e. The maximum Gasteiger partial charge on any atom is 0.0462 e. The highest BCUT2D eigenvalue weighted by molar-refractivity contribution is 4.85. The molecule has 0 spiro atoms. The third-order valence-corrected chi connectivity index (χ3v) is 3.82. The molecule has 84 valence electrons. The zero-order chi connectivity index (χ0) is 10.4. The Labute approximate surface area is 88.2 Å². The third kappa shape index (κ3) is 3.25. The molecule has 0 radical (unpaired) electrons. The molecule has 1 fully saturated rings. The van der Waals surface area contributed by atoms with Gasteiger partial charge < -0.3 is 10.5 Å². The van der Waals surface area contributed by atoms with E-state index < -0.39 is 0 Å². The monoisotopic (exact) mass is 199 g/mol. The van der Waals surface area contributed by atoms with Crippen LogP contribution in [0.5, 0.6) is 0 Å². The molecule has 0 atom stereocenters. The molecule has 1 saturated carbocycles. The molecule has 0 aromatic rings. The van der Waals surface area contributed by atoms with Crippen molar-refractivity contribution >= 4 is 0 Å². The molecule has 1 aliphatic rings. The molecule has 0 heterocycles. The van der Waals surface area contributed by atoms with E-state index in [4.69, 9.17) is 10.5 Å². The van der Waals surface area contributed by atoms with Crippen molar-refractivity contribution in [2.75, 3.05) is 20.3 Å². The van der Waals surface area contributed by atoms with Crippen molar-refractivity contribution in [1.82, 2.24) is 0 Å². The maximum atomic E-state index is 5.93. The molecule has 2 N–H and O–H groups in total. The van der Waals surface area contributed by atoms with E-state index in [0.717, 1.165) is 19.1 Å². The van der Waals surface area contributed by atoms with E-state index in [1.807, 2.05) is 0 Å². The van der Waals surface area contributed by atoms with Crippen molar-refractivity contribution in [3.63, 3.8) is 0 Å². The van der Waals surface area contributed by atoms with Crippen molar-refractivity contribution < 1.29 is 4.74 Å². The Hall–Kier alpha value is -0.0800. The first-order valence-corrected chi connectivity index (χ1v) is 5.91. The molecule has 1 rings (SSSR count). The van der Waals surface area contributed by atoms with Crippen molar-refractivity contribution in [2.24, 2.45) is 17.1 Å². The number of hydrogen-bond donors (Lipinski definition) is 1. The van der Waals surface area contributed by atoms with Crippen LogP contribution in [0.3, 0.4) is 0 Å². The van der Waals surface area contributed by atoms with Crippen LogP contribution in [0.4, 0.5) is 0 Å². The zero-order valence-corrected chi connectivity index (χ0v) is 9.72. The first-order valence-electron chi connectivity index (χ1n) is 5.91. The van der Waals surface area contributed by atoms with E-state index >= 15 is 0 Å². The summed E-state index contributed by atoms with van der Waals surface area (Å²) in [6.45, 7) is 4.11. The Bertz CT molecular complexity index is 150. The van der Waals surface area contributed by atoms with Gasteiger partial charge in [-0.15, -0.1) is 0 Å². The van der Waals surface area contributed by atoms with E-state index in [2.05, 4.69) is 6.92 Å². The van der Waals surface area contributed by atoms with Gasteiger partial charge in [-0.05, 0) is 43.6 Å². The molecule has 2 heteroatoms. The van der Waals surface area contributed by atoms with Crippen LogP contribution in [0.25, 0.3) is 0 Å². The Morgan fingerprint density at radius 1 is 1.36 bits per heavy atom. The number of rotatable bonds is 5. The van der Waals surface area contributed by atoms with Gasteiger partial charge in [-0.1, -0.05) is 19.8 Å². The fourth-order valence-electron chi connectivity index (χ4n) is 2.52.